The quantitative estimate of drug-likeness (QED) is 0.747. The number of piperidine rings is 1. The van der Waals surface area contributed by atoms with Crippen molar-refractivity contribution in [2.45, 2.75) is 40.0 Å². The lowest BCUT2D eigenvalue weighted by Gasteiger charge is -2.31. The molecule has 0 atom stereocenters. The molecule has 6 heteroatoms. The largest absolute Gasteiger partial charge is 0.339 e. The normalized spacial score (nSPS) is 17.6. The summed E-state index contributed by atoms with van der Waals surface area (Å²) >= 11 is 0. The number of likely N-dealkylation sites (tertiary alicyclic amines) is 1. The standard InChI is InChI=1S/C21H26N2O4/c1-4-18(24)14-7-9-22(10-8-14)19(25)15-5-6-16-17(11-15)21(27)23(20(16)26)12-13(2)3/h5-6,11,13-14H,4,7-10,12H2,1-3H3. The van der Waals surface area contributed by atoms with Crippen LogP contribution in [0.1, 0.15) is 71.1 Å². The fourth-order valence-corrected chi connectivity index (χ4v) is 3.83. The predicted molar refractivity (Wildman–Crippen MR) is 101 cm³/mol. The maximum absolute atomic E-state index is 12.8. The van der Waals surface area contributed by atoms with Crippen molar-refractivity contribution < 1.29 is 19.2 Å². The van der Waals surface area contributed by atoms with Gasteiger partial charge >= 0.3 is 0 Å². The Morgan fingerprint density at radius 2 is 1.70 bits per heavy atom. The molecule has 0 unspecified atom stereocenters. The molecule has 2 heterocycles. The lowest BCUT2D eigenvalue weighted by atomic mass is 9.91. The smallest absolute Gasteiger partial charge is 0.261 e. The first-order chi connectivity index (χ1) is 12.8. The number of fused-ring (bicyclic) bond motifs is 1. The zero-order valence-electron chi connectivity index (χ0n) is 16.2. The van der Waals surface area contributed by atoms with Crippen LogP contribution in [0.3, 0.4) is 0 Å². The number of imide groups is 1. The average molecular weight is 370 g/mol. The summed E-state index contributed by atoms with van der Waals surface area (Å²) in [5.41, 5.74) is 1.09. The van der Waals surface area contributed by atoms with E-state index in [9.17, 15) is 19.2 Å². The van der Waals surface area contributed by atoms with Gasteiger partial charge in [0.1, 0.15) is 5.78 Å². The molecule has 0 radical (unpaired) electrons. The van der Waals surface area contributed by atoms with Crippen LogP contribution in [0.5, 0.6) is 0 Å². The molecule has 2 aliphatic heterocycles. The summed E-state index contributed by atoms with van der Waals surface area (Å²) in [6.07, 6.45) is 1.90. The van der Waals surface area contributed by atoms with Crippen LogP contribution in [0, 0.1) is 11.8 Å². The fourth-order valence-electron chi connectivity index (χ4n) is 3.83. The van der Waals surface area contributed by atoms with Crippen LogP contribution in [-0.4, -0.2) is 52.9 Å². The molecule has 0 saturated carbocycles. The van der Waals surface area contributed by atoms with Crippen LogP contribution >= 0.6 is 0 Å². The highest BCUT2D eigenvalue weighted by atomic mass is 16.2. The molecule has 0 bridgehead atoms. The molecule has 1 fully saturated rings. The Bertz CT molecular complexity index is 791. The van der Waals surface area contributed by atoms with Gasteiger partial charge in [-0.2, -0.15) is 0 Å². The summed E-state index contributed by atoms with van der Waals surface area (Å²) < 4.78 is 0. The van der Waals surface area contributed by atoms with E-state index in [0.29, 0.717) is 55.6 Å². The molecule has 27 heavy (non-hydrogen) atoms. The Hall–Kier alpha value is -2.50. The van der Waals surface area contributed by atoms with E-state index in [1.807, 2.05) is 20.8 Å². The van der Waals surface area contributed by atoms with E-state index < -0.39 is 0 Å². The van der Waals surface area contributed by atoms with E-state index in [-0.39, 0.29) is 35.3 Å². The first kappa shape index (κ1) is 19.3. The molecule has 1 aromatic rings. The van der Waals surface area contributed by atoms with Gasteiger partial charge in [-0.3, -0.25) is 24.1 Å². The van der Waals surface area contributed by atoms with Crippen molar-refractivity contribution in [3.63, 3.8) is 0 Å². The molecule has 0 spiro atoms. The van der Waals surface area contributed by atoms with E-state index >= 15 is 0 Å². The SMILES string of the molecule is CCC(=O)C1CCN(C(=O)c2ccc3c(c2)C(=O)N(CC(C)C)C3=O)CC1. The Kier molecular flexibility index (Phi) is 5.44. The number of carbonyl (C=O) groups excluding carboxylic acids is 4. The second-order valence-electron chi connectivity index (χ2n) is 7.76. The highest BCUT2D eigenvalue weighted by molar-refractivity contribution is 6.22. The van der Waals surface area contributed by atoms with Gasteiger partial charge in [0.2, 0.25) is 0 Å². The monoisotopic (exact) mass is 370 g/mol. The van der Waals surface area contributed by atoms with Gasteiger partial charge < -0.3 is 4.90 Å². The van der Waals surface area contributed by atoms with Gasteiger partial charge in [-0.25, -0.2) is 0 Å². The van der Waals surface area contributed by atoms with Crippen LogP contribution in [0.4, 0.5) is 0 Å². The first-order valence-corrected chi connectivity index (χ1v) is 9.65. The van der Waals surface area contributed by atoms with Crippen LogP contribution in [-0.2, 0) is 4.79 Å². The summed E-state index contributed by atoms with van der Waals surface area (Å²) in [6, 6.07) is 4.74. The number of amides is 3. The van der Waals surface area contributed by atoms with Gasteiger partial charge in [0.15, 0.2) is 0 Å². The second-order valence-corrected chi connectivity index (χ2v) is 7.76. The van der Waals surface area contributed by atoms with E-state index in [4.69, 9.17) is 0 Å². The van der Waals surface area contributed by atoms with E-state index in [1.54, 1.807) is 23.1 Å². The molecule has 3 rings (SSSR count). The van der Waals surface area contributed by atoms with Crippen molar-refractivity contribution in [2.75, 3.05) is 19.6 Å². The first-order valence-electron chi connectivity index (χ1n) is 9.65. The van der Waals surface area contributed by atoms with Gasteiger partial charge in [0, 0.05) is 37.5 Å². The van der Waals surface area contributed by atoms with Gasteiger partial charge in [-0.05, 0) is 37.0 Å². The number of rotatable bonds is 5. The molecular weight excluding hydrogens is 344 g/mol. The van der Waals surface area contributed by atoms with E-state index in [2.05, 4.69) is 0 Å². The Balaban J connectivity index is 1.74. The van der Waals surface area contributed by atoms with Crippen molar-refractivity contribution in [2.24, 2.45) is 11.8 Å². The number of hydrogen-bond donors (Lipinski definition) is 0. The highest BCUT2D eigenvalue weighted by Gasteiger charge is 2.36. The number of Topliss-reactive ketones (excluding diaryl/α,β-unsaturated/α-hetero) is 1. The highest BCUT2D eigenvalue weighted by Crippen LogP contribution is 2.26. The third-order valence-electron chi connectivity index (χ3n) is 5.35. The minimum atomic E-state index is -0.328. The van der Waals surface area contributed by atoms with Crippen LogP contribution in [0.2, 0.25) is 0 Å². The van der Waals surface area contributed by atoms with Gasteiger partial charge in [-0.1, -0.05) is 20.8 Å². The topological polar surface area (TPSA) is 74.8 Å². The molecule has 0 aromatic heterocycles. The molecule has 0 N–H and O–H groups in total. The summed E-state index contributed by atoms with van der Waals surface area (Å²) in [7, 11) is 0. The van der Waals surface area contributed by atoms with Crippen LogP contribution in [0.15, 0.2) is 18.2 Å². The van der Waals surface area contributed by atoms with Crippen LogP contribution in [0.25, 0.3) is 0 Å². The Morgan fingerprint density at radius 1 is 1.07 bits per heavy atom. The average Bonchev–Trinajstić information content (AvgIpc) is 2.91. The maximum Gasteiger partial charge on any atom is 0.261 e. The third-order valence-corrected chi connectivity index (χ3v) is 5.35. The zero-order valence-corrected chi connectivity index (χ0v) is 16.2. The molecule has 2 aliphatic rings. The second kappa shape index (κ2) is 7.62. The minimum absolute atomic E-state index is 0.0443. The van der Waals surface area contributed by atoms with Gasteiger partial charge in [0.05, 0.1) is 11.1 Å². The Morgan fingerprint density at radius 3 is 2.30 bits per heavy atom. The number of benzene rings is 1. The fraction of sp³-hybridized carbons (Fsp3) is 0.524. The molecule has 3 amide bonds. The molecule has 1 aromatic carbocycles. The summed E-state index contributed by atoms with van der Waals surface area (Å²) in [5.74, 6) is -0.285. The molecule has 1 saturated heterocycles. The number of hydrogen-bond acceptors (Lipinski definition) is 4. The van der Waals surface area contributed by atoms with Crippen molar-refractivity contribution in [3.05, 3.63) is 34.9 Å². The third kappa shape index (κ3) is 3.66. The summed E-state index contributed by atoms with van der Waals surface area (Å²) in [4.78, 5) is 52.7. The van der Waals surface area contributed by atoms with E-state index in [0.717, 1.165) is 0 Å². The molecule has 0 aliphatic carbocycles. The number of ketones is 1. The van der Waals surface area contributed by atoms with Crippen molar-refractivity contribution in [1.82, 2.24) is 9.80 Å². The van der Waals surface area contributed by atoms with Gasteiger partial charge in [-0.15, -0.1) is 0 Å². The summed E-state index contributed by atoms with van der Waals surface area (Å²) in [5, 5.41) is 0. The zero-order chi connectivity index (χ0) is 19.7. The van der Waals surface area contributed by atoms with Gasteiger partial charge in [0.25, 0.3) is 17.7 Å². The van der Waals surface area contributed by atoms with E-state index in [1.165, 1.54) is 4.90 Å². The molecule has 144 valence electrons. The molecular formula is C21H26N2O4. The number of carbonyl (C=O) groups is 4. The van der Waals surface area contributed by atoms with Crippen molar-refractivity contribution in [1.29, 1.82) is 0 Å². The van der Waals surface area contributed by atoms with Crippen LogP contribution < -0.4 is 0 Å². The van der Waals surface area contributed by atoms with Crippen molar-refractivity contribution >= 4 is 23.5 Å². The Labute approximate surface area is 159 Å². The lowest BCUT2D eigenvalue weighted by molar-refractivity contribution is -0.123. The predicted octanol–water partition coefficient (Wildman–Crippen LogP) is 2.77. The lowest BCUT2D eigenvalue weighted by Crippen LogP contribution is -2.40. The minimum Gasteiger partial charge on any atom is -0.339 e. The van der Waals surface area contributed by atoms with Crippen molar-refractivity contribution in [3.8, 4) is 0 Å². The molecule has 6 nitrogen and oxygen atoms in total. The number of nitrogens with zero attached hydrogens (tertiary/aromatic N) is 2. The summed E-state index contributed by atoms with van der Waals surface area (Å²) in [6.45, 7) is 7.22. The maximum atomic E-state index is 12.8.